The molecule has 0 bridgehead atoms. The van der Waals surface area contributed by atoms with Crippen molar-refractivity contribution >= 4 is 43.4 Å². The van der Waals surface area contributed by atoms with Crippen LogP contribution in [0.4, 0.5) is 16.2 Å². The number of carbonyl (C=O) groups excluding carboxylic acids is 1. The van der Waals surface area contributed by atoms with Gasteiger partial charge in [-0.15, -0.1) is 0 Å². The van der Waals surface area contributed by atoms with E-state index < -0.39 is 16.1 Å². The van der Waals surface area contributed by atoms with Gasteiger partial charge in [-0.2, -0.15) is 0 Å². The van der Waals surface area contributed by atoms with E-state index in [1.54, 1.807) is 30.3 Å². The third-order valence-corrected chi connectivity index (χ3v) is 4.92. The van der Waals surface area contributed by atoms with Gasteiger partial charge in [0.25, 0.3) is 10.0 Å². The van der Waals surface area contributed by atoms with E-state index in [0.717, 1.165) is 0 Å². The van der Waals surface area contributed by atoms with Crippen LogP contribution < -0.4 is 15.8 Å². The molecule has 2 aromatic rings. The van der Waals surface area contributed by atoms with E-state index in [4.69, 9.17) is 5.73 Å². The first-order valence-corrected chi connectivity index (χ1v) is 8.10. The van der Waals surface area contributed by atoms with Gasteiger partial charge in [-0.1, -0.05) is 12.1 Å². The van der Waals surface area contributed by atoms with Crippen LogP contribution in [-0.4, -0.2) is 14.4 Å². The zero-order valence-corrected chi connectivity index (χ0v) is 13.1. The average molecular weight is 370 g/mol. The highest BCUT2D eigenvalue weighted by molar-refractivity contribution is 9.10. The Morgan fingerprint density at radius 3 is 2.14 bits per heavy atom. The summed E-state index contributed by atoms with van der Waals surface area (Å²) >= 11 is 3.20. The third-order valence-electron chi connectivity index (χ3n) is 2.53. The Labute approximate surface area is 130 Å². The van der Waals surface area contributed by atoms with E-state index in [2.05, 4.69) is 26.0 Å². The zero-order chi connectivity index (χ0) is 15.5. The van der Waals surface area contributed by atoms with Crippen LogP contribution in [0.5, 0.6) is 0 Å². The predicted molar refractivity (Wildman–Crippen MR) is 84.6 cm³/mol. The molecular weight excluding hydrogens is 358 g/mol. The third kappa shape index (κ3) is 3.96. The molecule has 0 heterocycles. The number of anilines is 2. The van der Waals surface area contributed by atoms with Crippen LogP contribution in [0.2, 0.25) is 0 Å². The van der Waals surface area contributed by atoms with Crippen LogP contribution in [0.1, 0.15) is 0 Å². The molecular formula is C13H12BrN3O3S. The highest BCUT2D eigenvalue weighted by Gasteiger charge is 2.16. The summed E-state index contributed by atoms with van der Waals surface area (Å²) in [5, 5.41) is 2.39. The quantitative estimate of drug-likeness (QED) is 0.771. The Morgan fingerprint density at radius 1 is 1.00 bits per heavy atom. The Kier molecular flexibility index (Phi) is 4.49. The van der Waals surface area contributed by atoms with Crippen molar-refractivity contribution in [1.82, 2.24) is 0 Å². The van der Waals surface area contributed by atoms with Gasteiger partial charge < -0.3 is 11.1 Å². The molecule has 0 aliphatic rings. The zero-order valence-electron chi connectivity index (χ0n) is 10.7. The lowest BCUT2D eigenvalue weighted by Crippen LogP contribution is -2.19. The second-order valence-electron chi connectivity index (χ2n) is 4.10. The number of urea groups is 1. The Bertz CT molecular complexity index is 760. The molecule has 2 aromatic carbocycles. The summed E-state index contributed by atoms with van der Waals surface area (Å²) in [6, 6.07) is 12.0. The monoisotopic (exact) mass is 369 g/mol. The van der Waals surface area contributed by atoms with Crippen LogP contribution in [0.25, 0.3) is 0 Å². The van der Waals surface area contributed by atoms with Gasteiger partial charge in [0.1, 0.15) is 4.90 Å². The van der Waals surface area contributed by atoms with Crippen LogP contribution in [0.15, 0.2) is 57.9 Å². The van der Waals surface area contributed by atoms with E-state index in [1.807, 2.05) is 0 Å². The SMILES string of the molecule is NC(=O)Nc1ccc(NS(=O)(=O)c2ccccc2Br)cc1. The van der Waals surface area contributed by atoms with Gasteiger partial charge in [0.05, 0.1) is 0 Å². The largest absolute Gasteiger partial charge is 0.351 e. The number of halogens is 1. The smallest absolute Gasteiger partial charge is 0.316 e. The normalized spacial score (nSPS) is 10.9. The number of rotatable bonds is 4. The first-order chi connectivity index (χ1) is 9.88. The molecule has 0 saturated carbocycles. The fourth-order valence-corrected chi connectivity index (χ4v) is 3.70. The number of amides is 2. The van der Waals surface area contributed by atoms with Crippen molar-refractivity contribution in [1.29, 1.82) is 0 Å². The van der Waals surface area contributed by atoms with Crippen LogP contribution in [-0.2, 0) is 10.0 Å². The second kappa shape index (κ2) is 6.15. The Hall–Kier alpha value is -2.06. The van der Waals surface area contributed by atoms with Crippen molar-refractivity contribution in [2.24, 2.45) is 5.73 Å². The molecule has 0 saturated heterocycles. The molecule has 2 amide bonds. The highest BCUT2D eigenvalue weighted by atomic mass is 79.9. The minimum Gasteiger partial charge on any atom is -0.351 e. The molecule has 6 nitrogen and oxygen atoms in total. The molecule has 0 aliphatic heterocycles. The van der Waals surface area contributed by atoms with Gasteiger partial charge in [-0.25, -0.2) is 13.2 Å². The van der Waals surface area contributed by atoms with Crippen molar-refractivity contribution in [3.63, 3.8) is 0 Å². The van der Waals surface area contributed by atoms with E-state index in [0.29, 0.717) is 15.8 Å². The second-order valence-corrected chi connectivity index (χ2v) is 6.61. The highest BCUT2D eigenvalue weighted by Crippen LogP contribution is 2.24. The lowest BCUT2D eigenvalue weighted by atomic mass is 10.3. The molecule has 8 heteroatoms. The minimum atomic E-state index is -3.69. The maximum atomic E-state index is 12.3. The molecule has 0 atom stereocenters. The molecule has 2 rings (SSSR count). The number of benzene rings is 2. The molecule has 110 valence electrons. The predicted octanol–water partition coefficient (Wildman–Crippen LogP) is 2.74. The molecule has 0 spiro atoms. The number of primary amides is 1. The molecule has 0 aliphatic carbocycles. The summed E-state index contributed by atoms with van der Waals surface area (Å²) in [6.45, 7) is 0. The van der Waals surface area contributed by atoms with E-state index in [9.17, 15) is 13.2 Å². The summed E-state index contributed by atoms with van der Waals surface area (Å²) in [5.74, 6) is 0. The van der Waals surface area contributed by atoms with Crippen molar-refractivity contribution in [3.05, 3.63) is 53.0 Å². The summed E-state index contributed by atoms with van der Waals surface area (Å²) in [4.78, 5) is 10.8. The first-order valence-electron chi connectivity index (χ1n) is 5.82. The van der Waals surface area contributed by atoms with Gasteiger partial charge in [-0.05, 0) is 52.3 Å². The number of nitrogens with two attached hydrogens (primary N) is 1. The summed E-state index contributed by atoms with van der Waals surface area (Å²) < 4.78 is 27.4. The minimum absolute atomic E-state index is 0.143. The Morgan fingerprint density at radius 2 is 1.57 bits per heavy atom. The van der Waals surface area contributed by atoms with Gasteiger partial charge in [0.15, 0.2) is 0 Å². The number of nitrogens with one attached hydrogen (secondary N) is 2. The van der Waals surface area contributed by atoms with Gasteiger partial charge >= 0.3 is 6.03 Å². The van der Waals surface area contributed by atoms with Gasteiger partial charge in [0.2, 0.25) is 0 Å². The average Bonchev–Trinajstić information content (AvgIpc) is 2.40. The van der Waals surface area contributed by atoms with Crippen molar-refractivity contribution in [2.75, 3.05) is 10.0 Å². The summed E-state index contributed by atoms with van der Waals surface area (Å²) in [5.41, 5.74) is 5.84. The number of hydrogen-bond donors (Lipinski definition) is 3. The molecule has 0 radical (unpaired) electrons. The topological polar surface area (TPSA) is 101 Å². The van der Waals surface area contributed by atoms with E-state index in [1.165, 1.54) is 18.2 Å². The molecule has 0 fully saturated rings. The van der Waals surface area contributed by atoms with Gasteiger partial charge in [0, 0.05) is 15.8 Å². The molecule has 4 N–H and O–H groups in total. The van der Waals surface area contributed by atoms with Crippen LogP contribution >= 0.6 is 15.9 Å². The van der Waals surface area contributed by atoms with Crippen LogP contribution in [0.3, 0.4) is 0 Å². The van der Waals surface area contributed by atoms with E-state index >= 15 is 0 Å². The molecule has 21 heavy (non-hydrogen) atoms. The first kappa shape index (κ1) is 15.3. The standard InChI is InChI=1S/C13H12BrN3O3S/c14-11-3-1-2-4-12(11)21(19,20)17-10-7-5-9(6-8-10)16-13(15)18/h1-8,17H,(H3,15,16,18). The lowest BCUT2D eigenvalue weighted by Gasteiger charge is -2.10. The Balaban J connectivity index is 2.21. The number of carbonyl (C=O) groups is 1. The van der Waals surface area contributed by atoms with Crippen molar-refractivity contribution < 1.29 is 13.2 Å². The van der Waals surface area contributed by atoms with Crippen molar-refractivity contribution in [3.8, 4) is 0 Å². The fourth-order valence-electron chi connectivity index (χ4n) is 1.64. The van der Waals surface area contributed by atoms with E-state index in [-0.39, 0.29) is 4.90 Å². The molecule has 0 unspecified atom stereocenters. The maximum absolute atomic E-state index is 12.3. The number of hydrogen-bond acceptors (Lipinski definition) is 3. The summed E-state index contributed by atoms with van der Waals surface area (Å²) in [6.07, 6.45) is 0. The van der Waals surface area contributed by atoms with Crippen molar-refractivity contribution in [2.45, 2.75) is 4.90 Å². The lowest BCUT2D eigenvalue weighted by molar-refractivity contribution is 0.259. The van der Waals surface area contributed by atoms with Crippen LogP contribution in [0, 0.1) is 0 Å². The number of sulfonamides is 1. The summed E-state index contributed by atoms with van der Waals surface area (Å²) in [7, 11) is -3.69. The van der Waals surface area contributed by atoms with Gasteiger partial charge in [-0.3, -0.25) is 4.72 Å². The maximum Gasteiger partial charge on any atom is 0.316 e. The fraction of sp³-hybridized carbons (Fsp3) is 0. The molecule has 0 aromatic heterocycles.